The first-order chi connectivity index (χ1) is 10.4. The van der Waals surface area contributed by atoms with E-state index in [0.29, 0.717) is 15.5 Å². The number of benzene rings is 1. The van der Waals surface area contributed by atoms with Crippen molar-refractivity contribution in [1.29, 1.82) is 0 Å². The van der Waals surface area contributed by atoms with E-state index in [1.165, 1.54) is 5.56 Å². The maximum absolute atomic E-state index is 10.1. The zero-order valence-electron chi connectivity index (χ0n) is 13.1. The molecule has 1 aromatic rings. The Labute approximate surface area is 142 Å². The van der Waals surface area contributed by atoms with Crippen LogP contribution in [-0.2, 0) is 6.54 Å². The molecule has 0 bridgehead atoms. The highest BCUT2D eigenvalue weighted by atomic mass is 35.5. The largest absolute Gasteiger partial charge is 0.392 e. The Morgan fingerprint density at radius 1 is 1.18 bits per heavy atom. The van der Waals surface area contributed by atoms with Crippen LogP contribution in [0.1, 0.15) is 24.8 Å². The Morgan fingerprint density at radius 2 is 1.82 bits per heavy atom. The number of nitrogens with zero attached hydrogens (tertiary/aromatic N) is 2. The summed E-state index contributed by atoms with van der Waals surface area (Å²) in [7, 11) is 2.12. The van der Waals surface area contributed by atoms with Crippen molar-refractivity contribution in [2.45, 2.75) is 31.9 Å². The van der Waals surface area contributed by atoms with Gasteiger partial charge >= 0.3 is 0 Å². The smallest absolute Gasteiger partial charge is 0.0672 e. The first-order valence-electron chi connectivity index (χ1n) is 7.98. The Hall–Kier alpha value is -0.320. The van der Waals surface area contributed by atoms with Crippen molar-refractivity contribution in [1.82, 2.24) is 9.80 Å². The number of hydrogen-bond acceptors (Lipinski definition) is 3. The molecule has 0 radical (unpaired) electrons. The van der Waals surface area contributed by atoms with E-state index in [1.807, 2.05) is 12.1 Å². The molecule has 2 fully saturated rings. The quantitative estimate of drug-likeness (QED) is 0.893. The molecule has 2 aliphatic heterocycles. The van der Waals surface area contributed by atoms with E-state index in [1.54, 1.807) is 6.07 Å². The number of aliphatic hydroxyl groups is 1. The minimum atomic E-state index is -0.169. The highest BCUT2D eigenvalue weighted by Crippen LogP contribution is 2.39. The van der Waals surface area contributed by atoms with E-state index >= 15 is 0 Å². The molecule has 1 unspecified atom stereocenters. The summed E-state index contributed by atoms with van der Waals surface area (Å²) < 4.78 is 0. The molecule has 22 heavy (non-hydrogen) atoms. The lowest BCUT2D eigenvalue weighted by atomic mass is 9.71. The number of likely N-dealkylation sites (N-methyl/N-ethyl adjacent to an activating group) is 1. The normalized spacial score (nSPS) is 26.5. The summed E-state index contributed by atoms with van der Waals surface area (Å²) in [5.74, 6) is 0. The lowest BCUT2D eigenvalue weighted by molar-refractivity contribution is -0.0331. The molecule has 0 saturated carbocycles. The topological polar surface area (TPSA) is 26.7 Å². The summed E-state index contributed by atoms with van der Waals surface area (Å²) in [4.78, 5) is 4.74. The number of hydrogen-bond donors (Lipinski definition) is 1. The monoisotopic (exact) mass is 342 g/mol. The second-order valence-corrected chi connectivity index (χ2v) is 7.98. The van der Waals surface area contributed by atoms with E-state index < -0.39 is 0 Å². The van der Waals surface area contributed by atoms with Gasteiger partial charge in [-0.3, -0.25) is 4.90 Å². The molecule has 2 heterocycles. The summed E-state index contributed by atoms with van der Waals surface area (Å²) in [6.07, 6.45) is 3.09. The van der Waals surface area contributed by atoms with Crippen molar-refractivity contribution in [3.05, 3.63) is 33.8 Å². The predicted molar refractivity (Wildman–Crippen MR) is 91.5 cm³/mol. The van der Waals surface area contributed by atoms with Gasteiger partial charge in [-0.25, -0.2) is 0 Å². The molecule has 0 aromatic heterocycles. The molecule has 122 valence electrons. The van der Waals surface area contributed by atoms with Gasteiger partial charge in [0.2, 0.25) is 0 Å². The second kappa shape index (κ2) is 6.66. The van der Waals surface area contributed by atoms with E-state index in [9.17, 15) is 5.11 Å². The van der Waals surface area contributed by atoms with Gasteiger partial charge in [-0.15, -0.1) is 0 Å². The van der Waals surface area contributed by atoms with Crippen molar-refractivity contribution in [2.24, 2.45) is 5.41 Å². The zero-order chi connectivity index (χ0) is 15.7. The fourth-order valence-electron chi connectivity index (χ4n) is 4.13. The van der Waals surface area contributed by atoms with Gasteiger partial charge in [-0.2, -0.15) is 0 Å². The van der Waals surface area contributed by atoms with E-state index in [2.05, 4.69) is 16.8 Å². The van der Waals surface area contributed by atoms with Crippen LogP contribution < -0.4 is 0 Å². The van der Waals surface area contributed by atoms with Crippen molar-refractivity contribution < 1.29 is 5.11 Å². The maximum Gasteiger partial charge on any atom is 0.0672 e. The summed E-state index contributed by atoms with van der Waals surface area (Å²) >= 11 is 12.2. The molecule has 2 saturated heterocycles. The third-order valence-electron chi connectivity index (χ3n) is 5.04. The summed E-state index contributed by atoms with van der Waals surface area (Å²) in [6, 6.07) is 5.77. The lowest BCUT2D eigenvalue weighted by Gasteiger charge is -2.48. The molecule has 3 rings (SSSR count). The first-order valence-corrected chi connectivity index (χ1v) is 8.74. The molecule has 1 spiro atoms. The van der Waals surface area contributed by atoms with Gasteiger partial charge in [0.05, 0.1) is 6.10 Å². The van der Waals surface area contributed by atoms with Crippen LogP contribution in [0, 0.1) is 5.41 Å². The number of likely N-dealkylation sites (tertiary alicyclic amines) is 2. The molecular weight excluding hydrogens is 319 g/mol. The highest BCUT2D eigenvalue weighted by Gasteiger charge is 2.40. The van der Waals surface area contributed by atoms with Crippen LogP contribution in [0.3, 0.4) is 0 Å². The van der Waals surface area contributed by atoms with Crippen molar-refractivity contribution in [2.75, 3.05) is 33.2 Å². The van der Waals surface area contributed by atoms with Crippen LogP contribution in [0.5, 0.6) is 0 Å². The summed E-state index contributed by atoms with van der Waals surface area (Å²) in [5.41, 5.74) is 1.48. The number of piperidine rings is 2. The number of β-amino-alcohol motifs (C(OH)–C–C–N with tert-alkyl or cyclic N) is 1. The molecule has 1 aromatic carbocycles. The predicted octanol–water partition coefficient (Wildman–Crippen LogP) is 3.27. The average molecular weight is 343 g/mol. The van der Waals surface area contributed by atoms with Crippen molar-refractivity contribution in [3.8, 4) is 0 Å². The summed E-state index contributed by atoms with van der Waals surface area (Å²) in [6.45, 7) is 4.97. The van der Waals surface area contributed by atoms with Gasteiger partial charge in [0.25, 0.3) is 0 Å². The lowest BCUT2D eigenvalue weighted by Crippen LogP contribution is -2.52. The average Bonchev–Trinajstić information content (AvgIpc) is 2.39. The SMILES string of the molecule is CN1CC(O)CC2(CCN(Cc3cc(Cl)cc(Cl)c3)CC2)C1. The standard InChI is InChI=1S/C17H24Cl2N2O/c1-20-11-16(22)9-17(12-20)2-4-21(5-3-17)10-13-6-14(18)8-15(19)7-13/h6-8,16,22H,2-5,9-12H2,1H3. The van der Waals surface area contributed by atoms with E-state index in [4.69, 9.17) is 23.2 Å². The van der Waals surface area contributed by atoms with Gasteiger partial charge in [-0.05, 0) is 68.6 Å². The second-order valence-electron chi connectivity index (χ2n) is 7.11. The fraction of sp³-hybridized carbons (Fsp3) is 0.647. The molecular formula is C17H24Cl2N2O. The summed E-state index contributed by atoms with van der Waals surface area (Å²) in [5, 5.41) is 11.5. The fourth-order valence-corrected chi connectivity index (χ4v) is 4.71. The van der Waals surface area contributed by atoms with Crippen LogP contribution >= 0.6 is 23.2 Å². The molecule has 1 N–H and O–H groups in total. The van der Waals surface area contributed by atoms with Gasteiger partial charge < -0.3 is 10.0 Å². The maximum atomic E-state index is 10.1. The van der Waals surface area contributed by atoms with Crippen molar-refractivity contribution in [3.63, 3.8) is 0 Å². The molecule has 0 amide bonds. The molecule has 5 heteroatoms. The zero-order valence-corrected chi connectivity index (χ0v) is 14.6. The van der Waals surface area contributed by atoms with Crippen molar-refractivity contribution >= 4 is 23.2 Å². The van der Waals surface area contributed by atoms with Crippen LogP contribution in [0.25, 0.3) is 0 Å². The van der Waals surface area contributed by atoms with Gasteiger partial charge in [-0.1, -0.05) is 23.2 Å². The number of rotatable bonds is 2. The van der Waals surface area contributed by atoms with Crippen LogP contribution in [-0.4, -0.2) is 54.2 Å². The number of halogens is 2. The van der Waals surface area contributed by atoms with E-state index in [-0.39, 0.29) is 6.10 Å². The minimum Gasteiger partial charge on any atom is -0.392 e. The van der Waals surface area contributed by atoms with Gasteiger partial charge in [0.1, 0.15) is 0 Å². The highest BCUT2D eigenvalue weighted by molar-refractivity contribution is 6.34. The number of aliphatic hydroxyl groups excluding tert-OH is 1. The van der Waals surface area contributed by atoms with Crippen LogP contribution in [0.15, 0.2) is 18.2 Å². The Bertz CT molecular complexity index is 497. The Morgan fingerprint density at radius 3 is 2.41 bits per heavy atom. The third kappa shape index (κ3) is 3.95. The molecule has 2 aliphatic rings. The van der Waals surface area contributed by atoms with Gasteiger partial charge in [0.15, 0.2) is 0 Å². The third-order valence-corrected chi connectivity index (χ3v) is 5.48. The molecule has 1 atom stereocenters. The Kier molecular flexibility index (Phi) is 5.01. The molecule has 3 nitrogen and oxygen atoms in total. The Balaban J connectivity index is 1.59. The van der Waals surface area contributed by atoms with Gasteiger partial charge in [0, 0.05) is 29.7 Å². The minimum absolute atomic E-state index is 0.169. The van der Waals surface area contributed by atoms with E-state index in [0.717, 1.165) is 52.0 Å². The van der Waals surface area contributed by atoms with Crippen LogP contribution in [0.4, 0.5) is 0 Å². The van der Waals surface area contributed by atoms with Crippen LogP contribution in [0.2, 0.25) is 10.0 Å². The molecule has 0 aliphatic carbocycles. The first kappa shape index (κ1) is 16.5.